The summed E-state index contributed by atoms with van der Waals surface area (Å²) in [6, 6.07) is 0. The van der Waals surface area contributed by atoms with Gasteiger partial charge in [0.25, 0.3) is 5.91 Å². The van der Waals surface area contributed by atoms with E-state index in [1.54, 1.807) is 12.4 Å². The van der Waals surface area contributed by atoms with Gasteiger partial charge in [-0.3, -0.25) is 14.8 Å². The van der Waals surface area contributed by atoms with Crippen molar-refractivity contribution in [3.63, 3.8) is 0 Å². The molecule has 2 rings (SSSR count). The Balaban J connectivity index is 1.92. The van der Waals surface area contributed by atoms with Crippen molar-refractivity contribution in [2.75, 3.05) is 11.9 Å². The molecule has 0 radical (unpaired) electrons. The van der Waals surface area contributed by atoms with Crippen molar-refractivity contribution in [2.24, 2.45) is 0 Å². The molecule has 20 heavy (non-hydrogen) atoms. The lowest BCUT2D eigenvalue weighted by Crippen LogP contribution is -2.23. The summed E-state index contributed by atoms with van der Waals surface area (Å²) in [6.45, 7) is 4.86. The van der Waals surface area contributed by atoms with Crippen LogP contribution in [0, 0.1) is 6.92 Å². The highest BCUT2D eigenvalue weighted by Gasteiger charge is 2.07. The second-order valence-electron chi connectivity index (χ2n) is 4.16. The number of rotatable bonds is 5. The first-order chi connectivity index (χ1) is 9.69. The maximum absolute atomic E-state index is 11.9. The number of nitrogens with one attached hydrogen (secondary N) is 2. The molecule has 7 nitrogen and oxygen atoms in total. The highest BCUT2D eigenvalue weighted by molar-refractivity contribution is 5.93. The van der Waals surface area contributed by atoms with Gasteiger partial charge in [0.15, 0.2) is 0 Å². The molecule has 0 aromatic carbocycles. The number of amides is 1. The molecule has 0 fully saturated rings. The molecule has 2 aromatic heterocycles. The SMILES string of the molecule is CCNc1ncc(C(=O)NCc2cnc(C)cn2)cn1. The average Bonchev–Trinajstić information content (AvgIpc) is 2.47. The first-order valence-electron chi connectivity index (χ1n) is 6.30. The summed E-state index contributed by atoms with van der Waals surface area (Å²) in [5.41, 5.74) is 1.95. The van der Waals surface area contributed by atoms with Crippen molar-refractivity contribution in [1.29, 1.82) is 0 Å². The fourth-order valence-corrected chi connectivity index (χ4v) is 1.48. The molecular formula is C13H16N6O. The molecule has 0 aliphatic heterocycles. The lowest BCUT2D eigenvalue weighted by atomic mass is 10.3. The largest absolute Gasteiger partial charge is 0.355 e. The van der Waals surface area contributed by atoms with Gasteiger partial charge in [-0.1, -0.05) is 0 Å². The predicted octanol–water partition coefficient (Wildman–Crippen LogP) is 0.937. The Labute approximate surface area is 116 Å². The van der Waals surface area contributed by atoms with E-state index in [-0.39, 0.29) is 5.91 Å². The van der Waals surface area contributed by atoms with Crippen LogP contribution in [-0.2, 0) is 6.54 Å². The molecule has 2 aromatic rings. The third-order valence-corrected chi connectivity index (χ3v) is 2.51. The summed E-state index contributed by atoms with van der Waals surface area (Å²) in [4.78, 5) is 28.3. The summed E-state index contributed by atoms with van der Waals surface area (Å²) in [6.07, 6.45) is 6.28. The van der Waals surface area contributed by atoms with E-state index in [1.807, 2.05) is 13.8 Å². The number of hydrogen-bond acceptors (Lipinski definition) is 6. The van der Waals surface area contributed by atoms with E-state index in [9.17, 15) is 4.79 Å². The summed E-state index contributed by atoms with van der Waals surface area (Å²) in [5.74, 6) is 0.267. The molecule has 0 aliphatic rings. The first kappa shape index (κ1) is 13.9. The molecule has 0 bridgehead atoms. The number of hydrogen-bond donors (Lipinski definition) is 2. The van der Waals surface area contributed by atoms with E-state index >= 15 is 0 Å². The molecule has 2 N–H and O–H groups in total. The number of nitrogens with zero attached hydrogens (tertiary/aromatic N) is 4. The summed E-state index contributed by atoms with van der Waals surface area (Å²) in [5, 5.41) is 5.71. The van der Waals surface area contributed by atoms with Crippen molar-refractivity contribution < 1.29 is 4.79 Å². The molecule has 0 aliphatic carbocycles. The molecule has 0 unspecified atom stereocenters. The van der Waals surface area contributed by atoms with Crippen LogP contribution in [0.5, 0.6) is 0 Å². The second-order valence-corrected chi connectivity index (χ2v) is 4.16. The number of carbonyl (C=O) groups is 1. The minimum absolute atomic E-state index is 0.240. The van der Waals surface area contributed by atoms with Crippen LogP contribution in [0.25, 0.3) is 0 Å². The highest BCUT2D eigenvalue weighted by Crippen LogP contribution is 2.01. The van der Waals surface area contributed by atoms with Gasteiger partial charge in [0.1, 0.15) is 0 Å². The highest BCUT2D eigenvalue weighted by atomic mass is 16.1. The fraction of sp³-hybridized carbons (Fsp3) is 0.308. The zero-order valence-electron chi connectivity index (χ0n) is 11.4. The quantitative estimate of drug-likeness (QED) is 0.841. The zero-order valence-corrected chi connectivity index (χ0v) is 11.4. The van der Waals surface area contributed by atoms with E-state index in [2.05, 4.69) is 30.6 Å². The molecule has 0 saturated carbocycles. The third kappa shape index (κ3) is 3.71. The Morgan fingerprint density at radius 1 is 1.10 bits per heavy atom. The van der Waals surface area contributed by atoms with Crippen LogP contribution in [0.2, 0.25) is 0 Å². The van der Waals surface area contributed by atoms with Crippen molar-refractivity contribution in [3.8, 4) is 0 Å². The van der Waals surface area contributed by atoms with Crippen LogP contribution >= 0.6 is 0 Å². The van der Waals surface area contributed by atoms with Gasteiger partial charge in [0.2, 0.25) is 5.95 Å². The maximum Gasteiger partial charge on any atom is 0.254 e. The number of anilines is 1. The number of aromatic nitrogens is 4. The average molecular weight is 272 g/mol. The Morgan fingerprint density at radius 3 is 2.45 bits per heavy atom. The van der Waals surface area contributed by atoms with Gasteiger partial charge in [-0.25, -0.2) is 9.97 Å². The zero-order chi connectivity index (χ0) is 14.4. The third-order valence-electron chi connectivity index (χ3n) is 2.51. The van der Waals surface area contributed by atoms with E-state index in [4.69, 9.17) is 0 Å². The van der Waals surface area contributed by atoms with E-state index in [0.29, 0.717) is 23.8 Å². The second kappa shape index (κ2) is 6.55. The molecule has 0 atom stereocenters. The normalized spacial score (nSPS) is 10.1. The fourth-order valence-electron chi connectivity index (χ4n) is 1.48. The molecular weight excluding hydrogens is 256 g/mol. The number of aryl methyl sites for hydroxylation is 1. The molecule has 1 amide bonds. The van der Waals surface area contributed by atoms with E-state index in [0.717, 1.165) is 12.2 Å². The monoisotopic (exact) mass is 272 g/mol. The number of carbonyl (C=O) groups excluding carboxylic acids is 1. The van der Waals surface area contributed by atoms with Crippen molar-refractivity contribution in [3.05, 3.63) is 41.7 Å². The van der Waals surface area contributed by atoms with Crippen LogP contribution in [0.1, 0.15) is 28.7 Å². The maximum atomic E-state index is 11.9. The van der Waals surface area contributed by atoms with Gasteiger partial charge in [-0.2, -0.15) is 0 Å². The Kier molecular flexibility index (Phi) is 4.54. The minimum atomic E-state index is -0.240. The van der Waals surface area contributed by atoms with Crippen LogP contribution in [-0.4, -0.2) is 32.4 Å². The molecule has 2 heterocycles. The van der Waals surface area contributed by atoms with E-state index < -0.39 is 0 Å². The van der Waals surface area contributed by atoms with Gasteiger partial charge in [0, 0.05) is 25.1 Å². The summed E-state index contributed by atoms with van der Waals surface area (Å²) < 4.78 is 0. The van der Waals surface area contributed by atoms with Gasteiger partial charge >= 0.3 is 0 Å². The van der Waals surface area contributed by atoms with Gasteiger partial charge in [-0.15, -0.1) is 0 Å². The van der Waals surface area contributed by atoms with Crippen LogP contribution < -0.4 is 10.6 Å². The van der Waals surface area contributed by atoms with Gasteiger partial charge < -0.3 is 10.6 Å². The molecule has 104 valence electrons. The first-order valence-corrected chi connectivity index (χ1v) is 6.30. The Morgan fingerprint density at radius 2 is 1.85 bits per heavy atom. The summed E-state index contributed by atoms with van der Waals surface area (Å²) >= 11 is 0. The van der Waals surface area contributed by atoms with Crippen LogP contribution in [0.3, 0.4) is 0 Å². The standard InChI is InChI=1S/C13H16N6O/c1-3-14-13-18-5-10(6-19-13)12(20)17-8-11-7-15-9(2)4-16-11/h4-7H,3,8H2,1-2H3,(H,17,20)(H,14,18,19). The molecule has 0 saturated heterocycles. The van der Waals surface area contributed by atoms with Gasteiger partial charge in [0.05, 0.1) is 29.7 Å². The summed E-state index contributed by atoms with van der Waals surface area (Å²) in [7, 11) is 0. The van der Waals surface area contributed by atoms with Crippen molar-refractivity contribution in [2.45, 2.75) is 20.4 Å². The Bertz CT molecular complexity index is 566. The molecule has 7 heteroatoms. The van der Waals surface area contributed by atoms with Gasteiger partial charge in [-0.05, 0) is 13.8 Å². The van der Waals surface area contributed by atoms with Crippen LogP contribution in [0.15, 0.2) is 24.8 Å². The lowest BCUT2D eigenvalue weighted by molar-refractivity contribution is 0.0949. The van der Waals surface area contributed by atoms with Crippen molar-refractivity contribution in [1.82, 2.24) is 25.3 Å². The molecule has 0 spiro atoms. The minimum Gasteiger partial charge on any atom is -0.355 e. The Hall–Kier alpha value is -2.57. The topological polar surface area (TPSA) is 92.7 Å². The van der Waals surface area contributed by atoms with Crippen molar-refractivity contribution >= 4 is 11.9 Å². The lowest BCUT2D eigenvalue weighted by Gasteiger charge is -2.05. The van der Waals surface area contributed by atoms with Crippen LogP contribution in [0.4, 0.5) is 5.95 Å². The smallest absolute Gasteiger partial charge is 0.254 e. The predicted molar refractivity (Wildman–Crippen MR) is 74.1 cm³/mol. The van der Waals surface area contributed by atoms with E-state index in [1.165, 1.54) is 12.4 Å².